The lowest BCUT2D eigenvalue weighted by atomic mass is 10.1. The Morgan fingerprint density at radius 1 is 1.21 bits per heavy atom. The molecule has 2 rings (SSSR count). The summed E-state index contributed by atoms with van der Waals surface area (Å²) in [5, 5.41) is 9.26. The van der Waals surface area contributed by atoms with E-state index < -0.39 is 0 Å². The molecule has 0 spiro atoms. The van der Waals surface area contributed by atoms with E-state index in [2.05, 4.69) is 6.07 Å². The van der Waals surface area contributed by atoms with Gasteiger partial charge in [0, 0.05) is 6.07 Å². The van der Waals surface area contributed by atoms with Crippen molar-refractivity contribution in [1.82, 2.24) is 0 Å². The average Bonchev–Trinajstić information content (AvgIpc) is 2.97. The van der Waals surface area contributed by atoms with Crippen molar-refractivity contribution in [2.75, 3.05) is 14.2 Å². The highest BCUT2D eigenvalue weighted by molar-refractivity contribution is 5.89. The first kappa shape index (κ1) is 12.8. The van der Waals surface area contributed by atoms with Gasteiger partial charge in [-0.05, 0) is 35.9 Å². The maximum Gasteiger partial charge on any atom is 0.127 e. The number of nitrogens with zero attached hydrogens (tertiary/aromatic N) is 1. The van der Waals surface area contributed by atoms with Crippen LogP contribution in [0.3, 0.4) is 0 Å². The van der Waals surface area contributed by atoms with Crippen LogP contribution in [0.25, 0.3) is 11.6 Å². The molecule has 0 fully saturated rings. The van der Waals surface area contributed by atoms with E-state index in [1.165, 1.54) is 0 Å². The second-order valence-electron chi connectivity index (χ2n) is 3.79. The lowest BCUT2D eigenvalue weighted by Crippen LogP contribution is -1.90. The molecule has 1 aromatic heterocycles. The minimum absolute atomic E-state index is 0.479. The molecule has 0 atom stereocenters. The van der Waals surface area contributed by atoms with Crippen molar-refractivity contribution >= 4 is 11.6 Å². The summed E-state index contributed by atoms with van der Waals surface area (Å²) in [7, 11) is 3.14. The van der Waals surface area contributed by atoms with E-state index in [9.17, 15) is 5.26 Å². The number of furan rings is 1. The normalized spacial score (nSPS) is 10.9. The fourth-order valence-corrected chi connectivity index (χ4v) is 1.66. The maximum atomic E-state index is 9.26. The first-order valence-electron chi connectivity index (χ1n) is 5.65. The van der Waals surface area contributed by atoms with E-state index in [1.54, 1.807) is 56.9 Å². The topological polar surface area (TPSA) is 55.4 Å². The van der Waals surface area contributed by atoms with Gasteiger partial charge in [-0.2, -0.15) is 5.26 Å². The Morgan fingerprint density at radius 3 is 2.37 bits per heavy atom. The summed E-state index contributed by atoms with van der Waals surface area (Å²) >= 11 is 0. The minimum Gasteiger partial charge on any atom is -0.497 e. The molecule has 0 aliphatic rings. The van der Waals surface area contributed by atoms with Gasteiger partial charge in [0.15, 0.2) is 0 Å². The highest BCUT2D eigenvalue weighted by Crippen LogP contribution is 2.27. The third-order valence-electron chi connectivity index (χ3n) is 2.61. The number of hydrogen-bond donors (Lipinski definition) is 0. The smallest absolute Gasteiger partial charge is 0.127 e. The molecule has 0 aliphatic carbocycles. The van der Waals surface area contributed by atoms with Gasteiger partial charge < -0.3 is 13.9 Å². The van der Waals surface area contributed by atoms with Gasteiger partial charge in [-0.3, -0.25) is 0 Å². The Balaban J connectivity index is 2.47. The molecule has 1 aromatic carbocycles. The SMILES string of the molecule is COc1cc(OC)cc(/C(C#N)=C/c2ccco2)c1. The highest BCUT2D eigenvalue weighted by Gasteiger charge is 2.07. The molecular weight excluding hydrogens is 242 g/mol. The molecule has 1 heterocycles. The van der Waals surface area contributed by atoms with Crippen LogP contribution in [0.15, 0.2) is 41.0 Å². The van der Waals surface area contributed by atoms with Crippen LogP contribution < -0.4 is 9.47 Å². The van der Waals surface area contributed by atoms with E-state index in [-0.39, 0.29) is 0 Å². The lowest BCUT2D eigenvalue weighted by Gasteiger charge is -2.07. The third kappa shape index (κ3) is 2.96. The zero-order valence-corrected chi connectivity index (χ0v) is 10.7. The zero-order valence-electron chi connectivity index (χ0n) is 10.7. The Hall–Kier alpha value is -2.67. The number of methoxy groups -OCH3 is 2. The fraction of sp³-hybridized carbons (Fsp3) is 0.133. The largest absolute Gasteiger partial charge is 0.497 e. The van der Waals surface area contributed by atoms with Crippen molar-refractivity contribution in [3.63, 3.8) is 0 Å². The molecule has 0 aliphatic heterocycles. The molecule has 0 saturated carbocycles. The van der Waals surface area contributed by atoms with Gasteiger partial charge in [0.1, 0.15) is 17.3 Å². The number of allylic oxidation sites excluding steroid dienone is 1. The quantitative estimate of drug-likeness (QED) is 0.786. The molecule has 19 heavy (non-hydrogen) atoms. The van der Waals surface area contributed by atoms with Crippen LogP contribution in [0.5, 0.6) is 11.5 Å². The summed E-state index contributed by atoms with van der Waals surface area (Å²) in [6, 6.07) is 11.0. The molecule has 96 valence electrons. The summed E-state index contributed by atoms with van der Waals surface area (Å²) in [6.45, 7) is 0. The highest BCUT2D eigenvalue weighted by atomic mass is 16.5. The summed E-state index contributed by atoms with van der Waals surface area (Å²) < 4.78 is 15.6. The predicted octanol–water partition coefficient (Wildman–Crippen LogP) is 3.36. The Labute approximate surface area is 111 Å². The monoisotopic (exact) mass is 255 g/mol. The van der Waals surface area contributed by atoms with Gasteiger partial charge in [-0.15, -0.1) is 0 Å². The summed E-state index contributed by atoms with van der Waals surface area (Å²) in [5.41, 5.74) is 1.20. The van der Waals surface area contributed by atoms with Gasteiger partial charge in [-0.25, -0.2) is 0 Å². The molecule has 0 radical (unpaired) electrons. The fourth-order valence-electron chi connectivity index (χ4n) is 1.66. The molecule has 0 unspecified atom stereocenters. The van der Waals surface area contributed by atoms with E-state index >= 15 is 0 Å². The Kier molecular flexibility index (Phi) is 3.89. The van der Waals surface area contributed by atoms with Crippen molar-refractivity contribution < 1.29 is 13.9 Å². The summed E-state index contributed by atoms with van der Waals surface area (Å²) in [6.07, 6.45) is 3.24. The number of ether oxygens (including phenoxy) is 2. The predicted molar refractivity (Wildman–Crippen MR) is 71.7 cm³/mol. The molecule has 2 aromatic rings. The second-order valence-corrected chi connectivity index (χ2v) is 3.79. The molecule has 0 amide bonds. The van der Waals surface area contributed by atoms with Crippen molar-refractivity contribution in [3.05, 3.63) is 47.9 Å². The van der Waals surface area contributed by atoms with Crippen molar-refractivity contribution in [3.8, 4) is 17.6 Å². The van der Waals surface area contributed by atoms with Crippen LogP contribution in [0.1, 0.15) is 11.3 Å². The van der Waals surface area contributed by atoms with Crippen LogP contribution >= 0.6 is 0 Å². The number of rotatable bonds is 4. The standard InChI is InChI=1S/C15H13NO3/c1-17-14-6-11(7-15(9-14)18-2)12(10-16)8-13-4-3-5-19-13/h3-9H,1-2H3/b12-8+. The number of hydrogen-bond acceptors (Lipinski definition) is 4. The van der Waals surface area contributed by atoms with Crippen LogP contribution in [-0.2, 0) is 0 Å². The minimum atomic E-state index is 0.479. The van der Waals surface area contributed by atoms with E-state index in [4.69, 9.17) is 13.9 Å². The van der Waals surface area contributed by atoms with Crippen molar-refractivity contribution in [2.45, 2.75) is 0 Å². The Bertz CT molecular complexity index is 599. The van der Waals surface area contributed by atoms with Crippen LogP contribution in [0.2, 0.25) is 0 Å². The van der Waals surface area contributed by atoms with E-state index in [0.717, 1.165) is 5.56 Å². The van der Waals surface area contributed by atoms with E-state index in [0.29, 0.717) is 22.8 Å². The van der Waals surface area contributed by atoms with Gasteiger partial charge >= 0.3 is 0 Å². The van der Waals surface area contributed by atoms with E-state index in [1.807, 2.05) is 0 Å². The molecule has 4 nitrogen and oxygen atoms in total. The molecule has 4 heteroatoms. The molecule has 0 saturated heterocycles. The molecule has 0 N–H and O–H groups in total. The number of benzene rings is 1. The van der Waals surface area contributed by atoms with Gasteiger partial charge in [0.2, 0.25) is 0 Å². The van der Waals surface area contributed by atoms with Crippen molar-refractivity contribution in [2.24, 2.45) is 0 Å². The lowest BCUT2D eigenvalue weighted by molar-refractivity contribution is 0.394. The maximum absolute atomic E-state index is 9.26. The van der Waals surface area contributed by atoms with Crippen LogP contribution in [-0.4, -0.2) is 14.2 Å². The zero-order chi connectivity index (χ0) is 13.7. The van der Waals surface area contributed by atoms with Gasteiger partial charge in [0.05, 0.1) is 32.1 Å². The van der Waals surface area contributed by atoms with Gasteiger partial charge in [0.25, 0.3) is 0 Å². The first-order chi connectivity index (χ1) is 9.26. The van der Waals surface area contributed by atoms with Gasteiger partial charge in [-0.1, -0.05) is 0 Å². The van der Waals surface area contributed by atoms with Crippen molar-refractivity contribution in [1.29, 1.82) is 5.26 Å². The summed E-state index contributed by atoms with van der Waals surface area (Å²) in [5.74, 6) is 1.89. The van der Waals surface area contributed by atoms with Crippen LogP contribution in [0.4, 0.5) is 0 Å². The first-order valence-corrected chi connectivity index (χ1v) is 5.65. The summed E-state index contributed by atoms with van der Waals surface area (Å²) in [4.78, 5) is 0. The second kappa shape index (κ2) is 5.78. The molecular formula is C15H13NO3. The average molecular weight is 255 g/mol. The Morgan fingerprint density at radius 2 is 1.89 bits per heavy atom. The number of nitriles is 1. The third-order valence-corrected chi connectivity index (χ3v) is 2.61. The van der Waals surface area contributed by atoms with Crippen LogP contribution in [0, 0.1) is 11.3 Å². The molecule has 0 bridgehead atoms.